The molecule has 0 aliphatic carbocycles. The zero-order valence-corrected chi connectivity index (χ0v) is 11.6. The average molecular weight is 267 g/mol. The maximum absolute atomic E-state index is 12.4. The molecule has 0 atom stereocenters. The monoisotopic (exact) mass is 266 g/mol. The molecule has 0 aromatic heterocycles. The van der Waals surface area contributed by atoms with E-state index >= 15 is 0 Å². The Morgan fingerprint density at radius 1 is 1.33 bits per heavy atom. The Balaban J connectivity index is 2.15. The molecule has 0 saturated carbocycles. The molecule has 18 heavy (non-hydrogen) atoms. The van der Waals surface area contributed by atoms with Crippen LogP contribution >= 0.6 is 11.6 Å². The van der Waals surface area contributed by atoms with Gasteiger partial charge < -0.3 is 10.6 Å². The summed E-state index contributed by atoms with van der Waals surface area (Å²) in [5, 5.41) is 0.443. The van der Waals surface area contributed by atoms with Crippen molar-refractivity contribution in [3.8, 4) is 0 Å². The van der Waals surface area contributed by atoms with Crippen molar-refractivity contribution in [1.82, 2.24) is 4.90 Å². The molecular weight excluding hydrogens is 248 g/mol. The van der Waals surface area contributed by atoms with Crippen LogP contribution in [0.1, 0.15) is 37.0 Å². The van der Waals surface area contributed by atoms with Crippen molar-refractivity contribution in [2.45, 2.75) is 26.7 Å². The van der Waals surface area contributed by atoms with Crippen molar-refractivity contribution < 1.29 is 4.79 Å². The third kappa shape index (κ3) is 2.61. The number of nitrogen functional groups attached to an aromatic ring is 1. The van der Waals surface area contributed by atoms with E-state index in [-0.39, 0.29) is 5.91 Å². The Morgan fingerprint density at radius 3 is 2.56 bits per heavy atom. The van der Waals surface area contributed by atoms with E-state index < -0.39 is 0 Å². The summed E-state index contributed by atoms with van der Waals surface area (Å²) >= 11 is 5.95. The molecule has 1 amide bonds. The minimum atomic E-state index is -0.00880. The number of amides is 1. The Labute approximate surface area is 113 Å². The van der Waals surface area contributed by atoms with Gasteiger partial charge in [0, 0.05) is 13.1 Å². The highest BCUT2D eigenvalue weighted by Crippen LogP contribution is 2.31. The minimum Gasteiger partial charge on any atom is -0.397 e. The fourth-order valence-electron chi connectivity index (χ4n) is 2.21. The summed E-state index contributed by atoms with van der Waals surface area (Å²) in [5.74, 6) is -0.00880. The van der Waals surface area contributed by atoms with E-state index in [4.69, 9.17) is 17.3 Å². The number of benzene rings is 1. The van der Waals surface area contributed by atoms with E-state index in [0.29, 0.717) is 21.7 Å². The molecule has 1 aliphatic rings. The molecule has 0 radical (unpaired) electrons. The third-order valence-corrected chi connectivity index (χ3v) is 4.02. The SMILES string of the molecule is CC1(C)CCN(C(=O)c2cccc(Cl)c2N)CC1. The molecule has 1 aliphatic heterocycles. The smallest absolute Gasteiger partial charge is 0.255 e. The maximum atomic E-state index is 12.4. The number of likely N-dealkylation sites (tertiary alicyclic amines) is 1. The second-order valence-corrected chi connectivity index (χ2v) is 6.06. The van der Waals surface area contributed by atoms with Crippen LogP contribution in [0.15, 0.2) is 18.2 Å². The van der Waals surface area contributed by atoms with Crippen LogP contribution in [0.3, 0.4) is 0 Å². The summed E-state index contributed by atoms with van der Waals surface area (Å²) in [7, 11) is 0. The molecule has 4 heteroatoms. The van der Waals surface area contributed by atoms with Gasteiger partial charge in [-0.25, -0.2) is 0 Å². The number of hydrogen-bond acceptors (Lipinski definition) is 2. The first-order valence-electron chi connectivity index (χ1n) is 6.24. The molecule has 0 unspecified atom stereocenters. The van der Waals surface area contributed by atoms with Crippen LogP contribution in [0.2, 0.25) is 5.02 Å². The van der Waals surface area contributed by atoms with Crippen LogP contribution < -0.4 is 5.73 Å². The van der Waals surface area contributed by atoms with Crippen molar-refractivity contribution in [2.75, 3.05) is 18.8 Å². The Hall–Kier alpha value is -1.22. The fraction of sp³-hybridized carbons (Fsp3) is 0.500. The quantitative estimate of drug-likeness (QED) is 0.794. The van der Waals surface area contributed by atoms with Crippen LogP contribution in [0.4, 0.5) is 5.69 Å². The Morgan fingerprint density at radius 2 is 1.94 bits per heavy atom. The van der Waals surface area contributed by atoms with Gasteiger partial charge in [-0.3, -0.25) is 4.79 Å². The van der Waals surface area contributed by atoms with Crippen molar-refractivity contribution in [2.24, 2.45) is 5.41 Å². The fourth-order valence-corrected chi connectivity index (χ4v) is 2.38. The van der Waals surface area contributed by atoms with Gasteiger partial charge in [0.15, 0.2) is 0 Å². The number of hydrogen-bond donors (Lipinski definition) is 1. The van der Waals surface area contributed by atoms with Crippen LogP contribution in [-0.2, 0) is 0 Å². The molecule has 0 spiro atoms. The van der Waals surface area contributed by atoms with Gasteiger partial charge >= 0.3 is 0 Å². The van der Waals surface area contributed by atoms with Gasteiger partial charge in [-0.2, -0.15) is 0 Å². The lowest BCUT2D eigenvalue weighted by molar-refractivity contribution is 0.0631. The van der Waals surface area contributed by atoms with E-state index in [1.165, 1.54) is 0 Å². The number of para-hydroxylation sites is 1. The first-order valence-corrected chi connectivity index (χ1v) is 6.62. The van der Waals surface area contributed by atoms with Crippen molar-refractivity contribution in [3.05, 3.63) is 28.8 Å². The molecule has 0 bridgehead atoms. The van der Waals surface area contributed by atoms with Crippen molar-refractivity contribution >= 4 is 23.2 Å². The van der Waals surface area contributed by atoms with Gasteiger partial charge in [0.05, 0.1) is 16.3 Å². The maximum Gasteiger partial charge on any atom is 0.255 e. The molecule has 1 heterocycles. The van der Waals surface area contributed by atoms with E-state index in [1.54, 1.807) is 18.2 Å². The highest BCUT2D eigenvalue weighted by atomic mass is 35.5. The second kappa shape index (κ2) is 4.81. The topological polar surface area (TPSA) is 46.3 Å². The average Bonchev–Trinajstić information content (AvgIpc) is 2.32. The molecule has 1 fully saturated rings. The second-order valence-electron chi connectivity index (χ2n) is 5.66. The lowest BCUT2D eigenvalue weighted by atomic mass is 9.82. The lowest BCUT2D eigenvalue weighted by Gasteiger charge is -2.37. The number of nitrogens with zero attached hydrogens (tertiary/aromatic N) is 1. The minimum absolute atomic E-state index is 0.00880. The molecule has 1 aromatic rings. The Bertz CT molecular complexity index is 461. The summed E-state index contributed by atoms with van der Waals surface area (Å²) in [6, 6.07) is 5.20. The molecule has 2 rings (SSSR count). The first-order chi connectivity index (χ1) is 8.41. The van der Waals surface area contributed by atoms with Crippen LogP contribution in [0.25, 0.3) is 0 Å². The summed E-state index contributed by atoms with van der Waals surface area (Å²) in [6.07, 6.45) is 2.05. The van der Waals surface area contributed by atoms with E-state index in [0.717, 1.165) is 25.9 Å². The van der Waals surface area contributed by atoms with Gasteiger partial charge in [-0.05, 0) is 30.4 Å². The van der Waals surface area contributed by atoms with Crippen molar-refractivity contribution in [3.63, 3.8) is 0 Å². The summed E-state index contributed by atoms with van der Waals surface area (Å²) in [5.41, 5.74) is 7.09. The molecule has 1 saturated heterocycles. The highest BCUT2D eigenvalue weighted by Gasteiger charge is 2.29. The van der Waals surface area contributed by atoms with E-state index in [1.807, 2.05) is 4.90 Å². The van der Waals surface area contributed by atoms with Gasteiger partial charge in [-0.1, -0.05) is 31.5 Å². The molecule has 2 N–H and O–H groups in total. The predicted octanol–water partition coefficient (Wildman–Crippen LogP) is 3.18. The predicted molar refractivity (Wildman–Crippen MR) is 74.8 cm³/mol. The molecule has 3 nitrogen and oxygen atoms in total. The first kappa shape index (κ1) is 13.2. The highest BCUT2D eigenvalue weighted by molar-refractivity contribution is 6.33. The van der Waals surface area contributed by atoms with Crippen LogP contribution in [0.5, 0.6) is 0 Å². The van der Waals surface area contributed by atoms with Gasteiger partial charge in [-0.15, -0.1) is 0 Å². The number of nitrogens with two attached hydrogens (primary N) is 1. The summed E-state index contributed by atoms with van der Waals surface area (Å²) in [6.45, 7) is 6.06. The normalized spacial score (nSPS) is 18.7. The van der Waals surface area contributed by atoms with Crippen LogP contribution in [-0.4, -0.2) is 23.9 Å². The van der Waals surface area contributed by atoms with Gasteiger partial charge in [0.1, 0.15) is 0 Å². The number of anilines is 1. The summed E-state index contributed by atoms with van der Waals surface area (Å²) in [4.78, 5) is 14.2. The number of carbonyl (C=O) groups is 1. The van der Waals surface area contributed by atoms with Gasteiger partial charge in [0.2, 0.25) is 0 Å². The zero-order chi connectivity index (χ0) is 13.3. The molecular formula is C14H19ClN2O. The Kier molecular flexibility index (Phi) is 3.53. The lowest BCUT2D eigenvalue weighted by Crippen LogP contribution is -2.41. The van der Waals surface area contributed by atoms with E-state index in [9.17, 15) is 4.79 Å². The standard InChI is InChI=1S/C14H19ClN2O/c1-14(2)6-8-17(9-7-14)13(18)10-4-3-5-11(15)12(10)16/h3-5H,6-9,16H2,1-2H3. The van der Waals surface area contributed by atoms with Gasteiger partial charge in [0.25, 0.3) is 5.91 Å². The third-order valence-electron chi connectivity index (χ3n) is 3.69. The summed E-state index contributed by atoms with van der Waals surface area (Å²) < 4.78 is 0. The zero-order valence-electron chi connectivity index (χ0n) is 10.9. The van der Waals surface area contributed by atoms with E-state index in [2.05, 4.69) is 13.8 Å². The molecule has 98 valence electrons. The number of halogens is 1. The largest absolute Gasteiger partial charge is 0.397 e. The van der Waals surface area contributed by atoms with Crippen LogP contribution in [0, 0.1) is 5.41 Å². The van der Waals surface area contributed by atoms with Crippen molar-refractivity contribution in [1.29, 1.82) is 0 Å². The number of rotatable bonds is 1. The molecule has 1 aromatic carbocycles. The number of carbonyl (C=O) groups excluding carboxylic acids is 1. The number of piperidine rings is 1.